The number of benzene rings is 1. The minimum absolute atomic E-state index is 0.0334. The van der Waals surface area contributed by atoms with Crippen molar-refractivity contribution < 1.29 is 4.79 Å². The topological polar surface area (TPSA) is 29.1 Å². The van der Waals surface area contributed by atoms with Gasteiger partial charge in [0, 0.05) is 12.1 Å². The molecular weight excluding hydrogens is 270 g/mol. The summed E-state index contributed by atoms with van der Waals surface area (Å²) in [5.74, 6) is 0.422. The van der Waals surface area contributed by atoms with E-state index in [1.807, 2.05) is 24.3 Å². The third kappa shape index (κ3) is 5.96. The van der Waals surface area contributed by atoms with Crippen molar-refractivity contribution in [3.05, 3.63) is 35.4 Å². The van der Waals surface area contributed by atoms with E-state index in [0.717, 1.165) is 6.42 Å². The standard InChI is InChI=1S/C17H26ClNO/c1-12(2)13-6-8-14(9-7-13)16(20)19-11-15(18)10-17(3,4)5/h6-9,12,15H,10-11H2,1-5H3,(H,19,20). The molecule has 1 unspecified atom stereocenters. The summed E-state index contributed by atoms with van der Waals surface area (Å²) >= 11 is 6.25. The first-order valence-electron chi connectivity index (χ1n) is 7.21. The molecule has 3 heteroatoms. The average molecular weight is 296 g/mol. The molecule has 2 nitrogen and oxygen atoms in total. The van der Waals surface area contributed by atoms with Crippen molar-refractivity contribution in [1.82, 2.24) is 5.32 Å². The van der Waals surface area contributed by atoms with Gasteiger partial charge in [-0.05, 0) is 35.4 Å². The zero-order valence-corrected chi connectivity index (χ0v) is 13.9. The lowest BCUT2D eigenvalue weighted by Gasteiger charge is -2.22. The fourth-order valence-corrected chi connectivity index (χ4v) is 2.60. The van der Waals surface area contributed by atoms with Crippen molar-refractivity contribution >= 4 is 17.5 Å². The Balaban J connectivity index is 2.50. The van der Waals surface area contributed by atoms with E-state index >= 15 is 0 Å². The van der Waals surface area contributed by atoms with Crippen LogP contribution in [0, 0.1) is 5.41 Å². The summed E-state index contributed by atoms with van der Waals surface area (Å²) in [6, 6.07) is 7.76. The molecule has 0 heterocycles. The normalized spacial score (nSPS) is 13.3. The van der Waals surface area contributed by atoms with Gasteiger partial charge in [-0.15, -0.1) is 11.6 Å². The number of carbonyl (C=O) groups is 1. The number of carbonyl (C=O) groups excluding carboxylic acids is 1. The lowest BCUT2D eigenvalue weighted by atomic mass is 9.90. The third-order valence-corrected chi connectivity index (χ3v) is 3.47. The molecule has 1 rings (SSSR count). The summed E-state index contributed by atoms with van der Waals surface area (Å²) in [4.78, 5) is 12.0. The smallest absolute Gasteiger partial charge is 0.251 e. The van der Waals surface area contributed by atoms with Gasteiger partial charge in [0.1, 0.15) is 0 Å². The van der Waals surface area contributed by atoms with Crippen LogP contribution in [0.3, 0.4) is 0 Å². The molecular formula is C17H26ClNO. The van der Waals surface area contributed by atoms with Crippen molar-refractivity contribution in [3.8, 4) is 0 Å². The van der Waals surface area contributed by atoms with Crippen LogP contribution in [0.5, 0.6) is 0 Å². The van der Waals surface area contributed by atoms with Crippen LogP contribution >= 0.6 is 11.6 Å². The van der Waals surface area contributed by atoms with Gasteiger partial charge in [-0.2, -0.15) is 0 Å². The van der Waals surface area contributed by atoms with Gasteiger partial charge in [-0.3, -0.25) is 4.79 Å². The van der Waals surface area contributed by atoms with Gasteiger partial charge in [0.05, 0.1) is 5.38 Å². The molecule has 0 saturated heterocycles. The summed E-state index contributed by atoms with van der Waals surface area (Å²) in [5, 5.41) is 2.87. The second-order valence-corrected chi connectivity index (χ2v) is 7.47. The Hall–Kier alpha value is -1.02. The predicted molar refractivity (Wildman–Crippen MR) is 86.6 cm³/mol. The number of amides is 1. The monoisotopic (exact) mass is 295 g/mol. The van der Waals surface area contributed by atoms with E-state index in [1.54, 1.807) is 0 Å². The van der Waals surface area contributed by atoms with Crippen LogP contribution in [-0.4, -0.2) is 17.8 Å². The fourth-order valence-electron chi connectivity index (χ4n) is 2.06. The van der Waals surface area contributed by atoms with Gasteiger partial charge >= 0.3 is 0 Å². The Morgan fingerprint density at radius 2 is 1.75 bits per heavy atom. The van der Waals surface area contributed by atoms with E-state index in [9.17, 15) is 4.79 Å². The van der Waals surface area contributed by atoms with Crippen molar-refractivity contribution in [1.29, 1.82) is 0 Å². The van der Waals surface area contributed by atoms with Gasteiger partial charge < -0.3 is 5.32 Å². The predicted octanol–water partition coefficient (Wildman–Crippen LogP) is 4.58. The Morgan fingerprint density at radius 1 is 1.20 bits per heavy atom. The Labute approximate surface area is 127 Å². The maximum atomic E-state index is 12.0. The minimum atomic E-state index is -0.0557. The lowest BCUT2D eigenvalue weighted by molar-refractivity contribution is 0.0952. The Morgan fingerprint density at radius 3 is 2.20 bits per heavy atom. The SMILES string of the molecule is CC(C)c1ccc(C(=O)NCC(Cl)CC(C)(C)C)cc1. The molecule has 0 saturated carbocycles. The molecule has 0 aliphatic heterocycles. The maximum Gasteiger partial charge on any atom is 0.251 e. The zero-order chi connectivity index (χ0) is 15.3. The van der Waals surface area contributed by atoms with Crippen LogP contribution in [0.2, 0.25) is 0 Å². The minimum Gasteiger partial charge on any atom is -0.351 e. The largest absolute Gasteiger partial charge is 0.351 e. The molecule has 0 radical (unpaired) electrons. The van der Waals surface area contributed by atoms with E-state index < -0.39 is 0 Å². The van der Waals surface area contributed by atoms with Crippen molar-refractivity contribution in [2.45, 2.75) is 52.3 Å². The highest BCUT2D eigenvalue weighted by Crippen LogP contribution is 2.23. The molecule has 1 aromatic carbocycles. The van der Waals surface area contributed by atoms with E-state index in [0.29, 0.717) is 18.0 Å². The Kier molecular flexibility index (Phi) is 6.07. The summed E-state index contributed by atoms with van der Waals surface area (Å²) < 4.78 is 0. The molecule has 1 amide bonds. The van der Waals surface area contributed by atoms with Gasteiger partial charge in [-0.1, -0.05) is 46.8 Å². The number of rotatable bonds is 5. The number of alkyl halides is 1. The van der Waals surface area contributed by atoms with Crippen molar-refractivity contribution in [2.75, 3.05) is 6.54 Å². The molecule has 1 N–H and O–H groups in total. The van der Waals surface area contributed by atoms with Crippen LogP contribution < -0.4 is 5.32 Å². The lowest BCUT2D eigenvalue weighted by Crippen LogP contribution is -2.31. The molecule has 0 bridgehead atoms. The maximum absolute atomic E-state index is 12.0. The third-order valence-electron chi connectivity index (χ3n) is 3.16. The second-order valence-electron chi connectivity index (χ2n) is 6.85. The second kappa shape index (κ2) is 7.12. The summed E-state index contributed by atoms with van der Waals surface area (Å²) in [7, 11) is 0. The van der Waals surface area contributed by atoms with Crippen LogP contribution in [0.25, 0.3) is 0 Å². The number of hydrogen-bond donors (Lipinski definition) is 1. The van der Waals surface area contributed by atoms with Crippen molar-refractivity contribution in [3.63, 3.8) is 0 Å². The van der Waals surface area contributed by atoms with E-state index in [1.165, 1.54) is 5.56 Å². The average Bonchev–Trinajstić information content (AvgIpc) is 2.34. The molecule has 0 spiro atoms. The number of nitrogens with one attached hydrogen (secondary N) is 1. The molecule has 20 heavy (non-hydrogen) atoms. The zero-order valence-electron chi connectivity index (χ0n) is 13.2. The highest BCUT2D eigenvalue weighted by Gasteiger charge is 2.17. The molecule has 1 aromatic rings. The molecule has 0 aliphatic carbocycles. The highest BCUT2D eigenvalue weighted by molar-refractivity contribution is 6.21. The van der Waals surface area contributed by atoms with E-state index in [2.05, 4.69) is 39.9 Å². The van der Waals surface area contributed by atoms with Crippen LogP contribution in [-0.2, 0) is 0 Å². The van der Waals surface area contributed by atoms with Gasteiger partial charge in [0.25, 0.3) is 5.91 Å². The van der Waals surface area contributed by atoms with Crippen LogP contribution in [0.1, 0.15) is 62.9 Å². The number of hydrogen-bond acceptors (Lipinski definition) is 1. The molecule has 0 fully saturated rings. The highest BCUT2D eigenvalue weighted by atomic mass is 35.5. The number of halogens is 1. The molecule has 1 atom stereocenters. The van der Waals surface area contributed by atoms with Gasteiger partial charge in [0.2, 0.25) is 0 Å². The van der Waals surface area contributed by atoms with Crippen LogP contribution in [0.4, 0.5) is 0 Å². The molecule has 0 aliphatic rings. The van der Waals surface area contributed by atoms with E-state index in [4.69, 9.17) is 11.6 Å². The first kappa shape index (κ1) is 17.0. The fraction of sp³-hybridized carbons (Fsp3) is 0.588. The molecule has 0 aromatic heterocycles. The van der Waals surface area contributed by atoms with Crippen molar-refractivity contribution in [2.24, 2.45) is 5.41 Å². The van der Waals surface area contributed by atoms with E-state index in [-0.39, 0.29) is 16.7 Å². The summed E-state index contributed by atoms with van der Waals surface area (Å²) in [6.07, 6.45) is 0.876. The summed E-state index contributed by atoms with van der Waals surface area (Å²) in [6.45, 7) is 11.2. The quantitative estimate of drug-likeness (QED) is 0.791. The first-order chi connectivity index (χ1) is 9.19. The summed E-state index contributed by atoms with van der Waals surface area (Å²) in [5.41, 5.74) is 2.11. The van der Waals surface area contributed by atoms with Gasteiger partial charge in [-0.25, -0.2) is 0 Å². The first-order valence-corrected chi connectivity index (χ1v) is 7.65. The molecule has 112 valence electrons. The van der Waals surface area contributed by atoms with Gasteiger partial charge in [0.15, 0.2) is 0 Å². The Bertz CT molecular complexity index is 431. The van der Waals surface area contributed by atoms with Crippen LogP contribution in [0.15, 0.2) is 24.3 Å².